The molecule has 92 valence electrons. The molecule has 0 spiro atoms. The summed E-state index contributed by atoms with van der Waals surface area (Å²) in [6.45, 7) is 0.128. The first-order valence-corrected chi connectivity index (χ1v) is 5.37. The number of carbonyl (C=O) groups is 1. The minimum atomic E-state index is -0.427. The topological polar surface area (TPSA) is 91.2 Å². The van der Waals surface area contributed by atoms with E-state index in [-0.39, 0.29) is 6.61 Å². The maximum absolute atomic E-state index is 11.7. The van der Waals surface area contributed by atoms with Gasteiger partial charge in [0.1, 0.15) is 6.61 Å². The zero-order valence-electron chi connectivity index (χ0n) is 9.67. The van der Waals surface area contributed by atoms with E-state index < -0.39 is 5.97 Å². The number of nitrogens with zero attached hydrogens (tertiary/aromatic N) is 1. The predicted octanol–water partition coefficient (Wildman–Crippen LogP) is 1.60. The molecule has 2 rings (SSSR count). The summed E-state index contributed by atoms with van der Waals surface area (Å²) in [6.07, 6.45) is 3.05. The Morgan fingerprint density at radius 2 is 1.94 bits per heavy atom. The Labute approximate surface area is 104 Å². The van der Waals surface area contributed by atoms with Crippen molar-refractivity contribution in [2.45, 2.75) is 6.61 Å². The van der Waals surface area contributed by atoms with Crippen LogP contribution in [0.15, 0.2) is 42.7 Å². The van der Waals surface area contributed by atoms with Crippen LogP contribution < -0.4 is 11.5 Å². The minimum Gasteiger partial charge on any atom is -0.457 e. The van der Waals surface area contributed by atoms with Gasteiger partial charge in [-0.1, -0.05) is 0 Å². The van der Waals surface area contributed by atoms with E-state index in [2.05, 4.69) is 4.98 Å². The maximum atomic E-state index is 11.7. The summed E-state index contributed by atoms with van der Waals surface area (Å²) in [4.78, 5) is 15.5. The number of nitrogens with two attached hydrogens (primary N) is 2. The van der Waals surface area contributed by atoms with Crippen LogP contribution in [-0.4, -0.2) is 11.0 Å². The lowest BCUT2D eigenvalue weighted by atomic mass is 10.2. The van der Waals surface area contributed by atoms with Gasteiger partial charge in [0.15, 0.2) is 0 Å². The van der Waals surface area contributed by atoms with E-state index in [9.17, 15) is 4.79 Å². The van der Waals surface area contributed by atoms with Crippen molar-refractivity contribution in [2.24, 2.45) is 0 Å². The highest BCUT2D eigenvalue weighted by Gasteiger charge is 2.07. The lowest BCUT2D eigenvalue weighted by Gasteiger charge is -2.06. The zero-order chi connectivity index (χ0) is 13.0. The molecule has 0 atom stereocenters. The molecule has 1 aromatic heterocycles. The highest BCUT2D eigenvalue weighted by atomic mass is 16.5. The fourth-order valence-electron chi connectivity index (χ4n) is 1.54. The molecule has 0 fully saturated rings. The first-order valence-electron chi connectivity index (χ1n) is 5.37. The van der Waals surface area contributed by atoms with Gasteiger partial charge in [-0.15, -0.1) is 0 Å². The van der Waals surface area contributed by atoms with Crippen molar-refractivity contribution < 1.29 is 9.53 Å². The molecular weight excluding hydrogens is 230 g/mol. The highest BCUT2D eigenvalue weighted by Crippen LogP contribution is 2.15. The molecule has 4 N–H and O–H groups in total. The van der Waals surface area contributed by atoms with E-state index in [1.165, 1.54) is 6.20 Å². The van der Waals surface area contributed by atoms with Gasteiger partial charge in [-0.3, -0.25) is 4.98 Å². The molecule has 0 bridgehead atoms. The van der Waals surface area contributed by atoms with Crippen molar-refractivity contribution in [3.8, 4) is 0 Å². The van der Waals surface area contributed by atoms with Crippen molar-refractivity contribution in [3.05, 3.63) is 53.9 Å². The van der Waals surface area contributed by atoms with E-state index in [0.29, 0.717) is 16.9 Å². The van der Waals surface area contributed by atoms with Crippen molar-refractivity contribution in [3.63, 3.8) is 0 Å². The maximum Gasteiger partial charge on any atom is 0.340 e. The Morgan fingerprint density at radius 1 is 1.22 bits per heavy atom. The Kier molecular flexibility index (Phi) is 3.43. The van der Waals surface area contributed by atoms with Gasteiger partial charge in [-0.05, 0) is 35.9 Å². The molecule has 5 nitrogen and oxygen atoms in total. The van der Waals surface area contributed by atoms with Crippen LogP contribution in [0.2, 0.25) is 0 Å². The number of pyridine rings is 1. The van der Waals surface area contributed by atoms with Gasteiger partial charge in [-0.25, -0.2) is 4.79 Å². The number of nitrogen functional groups attached to an aromatic ring is 2. The van der Waals surface area contributed by atoms with Crippen molar-refractivity contribution in [1.82, 2.24) is 4.98 Å². The van der Waals surface area contributed by atoms with E-state index in [1.807, 2.05) is 0 Å². The molecule has 0 saturated carbocycles. The smallest absolute Gasteiger partial charge is 0.340 e. The van der Waals surface area contributed by atoms with Crippen LogP contribution >= 0.6 is 0 Å². The van der Waals surface area contributed by atoms with Crippen LogP contribution in [-0.2, 0) is 11.3 Å². The summed E-state index contributed by atoms with van der Waals surface area (Å²) in [5.41, 5.74) is 13.5. The molecule has 0 aliphatic carbocycles. The molecule has 0 radical (unpaired) electrons. The normalized spacial score (nSPS) is 10.0. The first kappa shape index (κ1) is 11.9. The standard InChI is InChI=1S/C13H13N3O2/c14-11-4-9(5-12(15)6-11)8-18-13(17)10-2-1-3-16-7-10/h1-7H,8,14-15H2. The Hall–Kier alpha value is -2.56. The van der Waals surface area contributed by atoms with Crippen LogP contribution in [0.5, 0.6) is 0 Å². The highest BCUT2D eigenvalue weighted by molar-refractivity contribution is 5.88. The SMILES string of the molecule is Nc1cc(N)cc(COC(=O)c2cccnc2)c1. The predicted molar refractivity (Wildman–Crippen MR) is 68.6 cm³/mol. The van der Waals surface area contributed by atoms with E-state index in [0.717, 1.165) is 5.56 Å². The minimum absolute atomic E-state index is 0.128. The average molecular weight is 243 g/mol. The molecular formula is C13H13N3O2. The lowest BCUT2D eigenvalue weighted by molar-refractivity contribution is 0.0472. The van der Waals surface area contributed by atoms with Crippen LogP contribution in [0.25, 0.3) is 0 Å². The van der Waals surface area contributed by atoms with E-state index >= 15 is 0 Å². The molecule has 0 amide bonds. The number of rotatable bonds is 3. The molecule has 0 aliphatic heterocycles. The van der Waals surface area contributed by atoms with Crippen molar-refractivity contribution >= 4 is 17.3 Å². The number of hydrogen-bond donors (Lipinski definition) is 2. The molecule has 0 saturated heterocycles. The zero-order valence-corrected chi connectivity index (χ0v) is 9.67. The fraction of sp³-hybridized carbons (Fsp3) is 0.0769. The summed E-state index contributed by atoms with van der Waals surface area (Å²) < 4.78 is 5.13. The van der Waals surface area contributed by atoms with E-state index in [1.54, 1.807) is 36.5 Å². The summed E-state index contributed by atoms with van der Waals surface area (Å²) in [6, 6.07) is 8.39. The van der Waals surface area contributed by atoms with Gasteiger partial charge in [-0.2, -0.15) is 0 Å². The number of esters is 1. The third-order valence-corrected chi connectivity index (χ3v) is 2.30. The van der Waals surface area contributed by atoms with Gasteiger partial charge in [0.25, 0.3) is 0 Å². The Morgan fingerprint density at radius 3 is 2.56 bits per heavy atom. The third-order valence-electron chi connectivity index (χ3n) is 2.30. The number of carbonyl (C=O) groups excluding carboxylic acids is 1. The molecule has 1 heterocycles. The van der Waals surface area contributed by atoms with Crippen molar-refractivity contribution in [1.29, 1.82) is 0 Å². The van der Waals surface area contributed by atoms with Crippen LogP contribution in [0.4, 0.5) is 11.4 Å². The second-order valence-electron chi connectivity index (χ2n) is 3.83. The van der Waals surface area contributed by atoms with Gasteiger partial charge in [0.2, 0.25) is 0 Å². The quantitative estimate of drug-likeness (QED) is 0.631. The van der Waals surface area contributed by atoms with Crippen LogP contribution in [0.1, 0.15) is 15.9 Å². The number of hydrogen-bond acceptors (Lipinski definition) is 5. The molecule has 1 aromatic carbocycles. The number of ether oxygens (including phenoxy) is 1. The van der Waals surface area contributed by atoms with Gasteiger partial charge < -0.3 is 16.2 Å². The fourth-order valence-corrected chi connectivity index (χ4v) is 1.54. The van der Waals surface area contributed by atoms with E-state index in [4.69, 9.17) is 16.2 Å². The summed E-state index contributed by atoms with van der Waals surface area (Å²) >= 11 is 0. The molecule has 18 heavy (non-hydrogen) atoms. The Bertz CT molecular complexity index is 535. The number of aromatic nitrogens is 1. The third kappa shape index (κ3) is 2.98. The number of benzene rings is 1. The molecule has 5 heteroatoms. The van der Waals surface area contributed by atoms with Gasteiger partial charge >= 0.3 is 5.97 Å². The number of anilines is 2. The first-order chi connectivity index (χ1) is 8.65. The van der Waals surface area contributed by atoms with Gasteiger partial charge in [0.05, 0.1) is 5.56 Å². The second-order valence-corrected chi connectivity index (χ2v) is 3.83. The van der Waals surface area contributed by atoms with Crippen LogP contribution in [0, 0.1) is 0 Å². The largest absolute Gasteiger partial charge is 0.457 e. The summed E-state index contributed by atoms with van der Waals surface area (Å²) in [5, 5.41) is 0. The molecule has 0 unspecified atom stereocenters. The Balaban J connectivity index is 2.02. The van der Waals surface area contributed by atoms with Gasteiger partial charge in [0, 0.05) is 23.8 Å². The van der Waals surface area contributed by atoms with Crippen molar-refractivity contribution in [2.75, 3.05) is 11.5 Å². The molecule has 2 aromatic rings. The van der Waals surface area contributed by atoms with Crippen LogP contribution in [0.3, 0.4) is 0 Å². The second kappa shape index (κ2) is 5.18. The molecule has 0 aliphatic rings. The lowest BCUT2D eigenvalue weighted by Crippen LogP contribution is -2.06. The average Bonchev–Trinajstić information content (AvgIpc) is 2.36. The summed E-state index contributed by atoms with van der Waals surface area (Å²) in [5.74, 6) is -0.427. The monoisotopic (exact) mass is 243 g/mol. The summed E-state index contributed by atoms with van der Waals surface area (Å²) in [7, 11) is 0.